The molecule has 5 heteroatoms. The van der Waals surface area contributed by atoms with Gasteiger partial charge in [-0.1, -0.05) is 48.5 Å². The number of rotatable bonds is 3. The number of benzene rings is 2. The van der Waals surface area contributed by atoms with Crippen LogP contribution in [0.4, 0.5) is 4.79 Å². The van der Waals surface area contributed by atoms with Crippen molar-refractivity contribution in [3.8, 4) is 11.1 Å². The Balaban J connectivity index is 1.36. The minimum Gasteiger partial charge on any atom is -0.448 e. The molecule has 2 aliphatic heterocycles. The van der Waals surface area contributed by atoms with Crippen LogP contribution in [0, 0.1) is 0 Å². The monoisotopic (exact) mass is 365 g/mol. The predicted molar refractivity (Wildman–Crippen MR) is 101 cm³/mol. The summed E-state index contributed by atoms with van der Waals surface area (Å²) >= 11 is 0. The number of likely N-dealkylation sites (tertiary alicyclic amines) is 1. The van der Waals surface area contributed by atoms with Gasteiger partial charge in [-0.3, -0.25) is 4.90 Å². The van der Waals surface area contributed by atoms with E-state index in [2.05, 4.69) is 24.3 Å². The van der Waals surface area contributed by atoms with Crippen LogP contribution in [0.25, 0.3) is 11.1 Å². The first-order valence-corrected chi connectivity index (χ1v) is 9.63. The zero-order valence-corrected chi connectivity index (χ0v) is 15.1. The molecule has 0 aromatic heterocycles. The Morgan fingerprint density at radius 3 is 2.44 bits per heavy atom. The molecule has 2 saturated heterocycles. The Bertz CT molecular complexity index is 821. The van der Waals surface area contributed by atoms with Crippen LogP contribution >= 0.6 is 0 Å². The highest BCUT2D eigenvalue weighted by molar-refractivity contribution is 5.79. The topological polar surface area (TPSA) is 59.0 Å². The first-order chi connectivity index (χ1) is 13.3. The lowest BCUT2D eigenvalue weighted by Gasteiger charge is -2.28. The number of ether oxygens (including phenoxy) is 2. The molecule has 1 N–H and O–H groups in total. The van der Waals surface area contributed by atoms with Gasteiger partial charge in [0.25, 0.3) is 0 Å². The first kappa shape index (κ1) is 16.8. The number of aliphatic hydroxyl groups is 1. The number of amides is 1. The smallest absolute Gasteiger partial charge is 0.410 e. The molecule has 1 amide bonds. The van der Waals surface area contributed by atoms with E-state index in [4.69, 9.17) is 9.47 Å². The molecule has 5 nitrogen and oxygen atoms in total. The van der Waals surface area contributed by atoms with Gasteiger partial charge in [-0.15, -0.1) is 0 Å². The zero-order chi connectivity index (χ0) is 18.4. The number of aliphatic hydroxyl groups excluding tert-OH is 1. The molecule has 0 unspecified atom stereocenters. The lowest BCUT2D eigenvalue weighted by molar-refractivity contribution is 0.0671. The van der Waals surface area contributed by atoms with Crippen LogP contribution in [-0.2, 0) is 9.47 Å². The minimum atomic E-state index is -0.339. The summed E-state index contributed by atoms with van der Waals surface area (Å²) in [5.41, 5.74) is 4.84. The largest absolute Gasteiger partial charge is 0.448 e. The van der Waals surface area contributed by atoms with Crippen molar-refractivity contribution in [2.24, 2.45) is 0 Å². The van der Waals surface area contributed by atoms with Crippen LogP contribution in [0.5, 0.6) is 0 Å². The first-order valence-electron chi connectivity index (χ1n) is 9.63. The van der Waals surface area contributed by atoms with Crippen LogP contribution in [-0.4, -0.2) is 54.1 Å². The molecule has 3 atom stereocenters. The standard InChI is InChI=1S/C22H23NO4/c24-12-14-11-21-20(9-10-26-21)23(14)22(25)27-13-19-17-7-3-1-5-15(17)16-6-2-4-8-18(16)19/h1-8,14,19-21,24H,9-13H2/t14-,20-,21-/m0/s1. The second kappa shape index (κ2) is 6.66. The lowest BCUT2D eigenvalue weighted by atomic mass is 9.98. The summed E-state index contributed by atoms with van der Waals surface area (Å²) in [4.78, 5) is 14.6. The van der Waals surface area contributed by atoms with Gasteiger partial charge in [0.2, 0.25) is 0 Å². The van der Waals surface area contributed by atoms with Gasteiger partial charge in [-0.25, -0.2) is 4.79 Å². The number of fused-ring (bicyclic) bond motifs is 4. The Morgan fingerprint density at radius 1 is 1.11 bits per heavy atom. The molecule has 0 radical (unpaired) electrons. The van der Waals surface area contributed by atoms with E-state index in [1.807, 2.05) is 24.3 Å². The third kappa shape index (κ3) is 2.65. The van der Waals surface area contributed by atoms with Gasteiger partial charge in [-0.05, 0) is 35.1 Å². The van der Waals surface area contributed by atoms with Crippen LogP contribution < -0.4 is 0 Å². The Morgan fingerprint density at radius 2 is 1.78 bits per heavy atom. The molecule has 0 saturated carbocycles. The van der Waals surface area contributed by atoms with Gasteiger partial charge in [0.15, 0.2) is 0 Å². The van der Waals surface area contributed by atoms with Crippen molar-refractivity contribution in [2.45, 2.75) is 36.9 Å². The van der Waals surface area contributed by atoms with Gasteiger partial charge in [-0.2, -0.15) is 0 Å². The third-order valence-corrected chi connectivity index (χ3v) is 6.19. The highest BCUT2D eigenvalue weighted by Gasteiger charge is 2.47. The van der Waals surface area contributed by atoms with Crippen molar-refractivity contribution in [1.82, 2.24) is 4.90 Å². The second-order valence-corrected chi connectivity index (χ2v) is 7.55. The van der Waals surface area contributed by atoms with Crippen LogP contribution in [0.3, 0.4) is 0 Å². The maximum Gasteiger partial charge on any atom is 0.410 e. The number of nitrogens with zero attached hydrogens (tertiary/aromatic N) is 1. The van der Waals surface area contributed by atoms with Crippen molar-refractivity contribution >= 4 is 6.09 Å². The second-order valence-electron chi connectivity index (χ2n) is 7.55. The zero-order valence-electron chi connectivity index (χ0n) is 15.1. The van der Waals surface area contributed by atoms with Crippen molar-refractivity contribution in [3.05, 3.63) is 59.7 Å². The highest BCUT2D eigenvalue weighted by atomic mass is 16.6. The quantitative estimate of drug-likeness (QED) is 0.908. The highest BCUT2D eigenvalue weighted by Crippen LogP contribution is 2.44. The molecule has 5 rings (SSSR count). The number of hydrogen-bond donors (Lipinski definition) is 1. The molecule has 2 aromatic rings. The molecule has 2 heterocycles. The van der Waals surface area contributed by atoms with Crippen LogP contribution in [0.15, 0.2) is 48.5 Å². The molecule has 3 aliphatic rings. The van der Waals surface area contributed by atoms with Crippen molar-refractivity contribution in [3.63, 3.8) is 0 Å². The SMILES string of the molecule is O=C(OCC1c2ccccc2-c2ccccc21)N1[C@H](CO)C[C@@H]2OCC[C@@H]21. The molecule has 2 fully saturated rings. The average Bonchev–Trinajstić information content (AvgIpc) is 3.37. The number of carbonyl (C=O) groups excluding carboxylic acids is 1. The Labute approximate surface area is 158 Å². The lowest BCUT2D eigenvalue weighted by Crippen LogP contribution is -2.44. The van der Waals surface area contributed by atoms with Gasteiger partial charge < -0.3 is 14.6 Å². The van der Waals surface area contributed by atoms with E-state index in [0.29, 0.717) is 19.6 Å². The Hall–Kier alpha value is -2.37. The van der Waals surface area contributed by atoms with E-state index in [1.165, 1.54) is 22.3 Å². The van der Waals surface area contributed by atoms with Gasteiger partial charge in [0, 0.05) is 12.5 Å². The fraction of sp³-hybridized carbons (Fsp3) is 0.409. The summed E-state index contributed by atoms with van der Waals surface area (Å²) in [6, 6.07) is 16.4. The van der Waals surface area contributed by atoms with E-state index in [1.54, 1.807) is 4.90 Å². The molecule has 0 spiro atoms. The van der Waals surface area contributed by atoms with Crippen LogP contribution in [0.2, 0.25) is 0 Å². The number of hydrogen-bond acceptors (Lipinski definition) is 4. The van der Waals surface area contributed by atoms with Gasteiger partial charge >= 0.3 is 6.09 Å². The summed E-state index contributed by atoms with van der Waals surface area (Å²) < 4.78 is 11.5. The van der Waals surface area contributed by atoms with Crippen molar-refractivity contribution in [2.75, 3.05) is 19.8 Å². The maximum atomic E-state index is 12.9. The fourth-order valence-corrected chi connectivity index (χ4v) is 4.95. The molecular weight excluding hydrogens is 342 g/mol. The summed E-state index contributed by atoms with van der Waals surface area (Å²) in [7, 11) is 0. The van der Waals surface area contributed by atoms with E-state index < -0.39 is 0 Å². The van der Waals surface area contributed by atoms with Crippen LogP contribution in [0.1, 0.15) is 29.9 Å². The summed E-state index contributed by atoms with van der Waals surface area (Å²) in [6.45, 7) is 0.918. The van der Waals surface area contributed by atoms with E-state index >= 15 is 0 Å². The minimum absolute atomic E-state index is 0.0257. The van der Waals surface area contributed by atoms with Gasteiger partial charge in [0.1, 0.15) is 6.61 Å². The molecule has 2 aromatic carbocycles. The fourth-order valence-electron chi connectivity index (χ4n) is 4.95. The van der Waals surface area contributed by atoms with Gasteiger partial charge in [0.05, 0.1) is 24.8 Å². The summed E-state index contributed by atoms with van der Waals surface area (Å²) in [6.07, 6.45) is 1.19. The van der Waals surface area contributed by atoms with E-state index in [0.717, 1.165) is 6.42 Å². The van der Waals surface area contributed by atoms with E-state index in [-0.39, 0.29) is 36.8 Å². The third-order valence-electron chi connectivity index (χ3n) is 6.19. The molecule has 1 aliphatic carbocycles. The maximum absolute atomic E-state index is 12.9. The summed E-state index contributed by atoms with van der Waals surface area (Å²) in [5.74, 6) is 0.0483. The Kier molecular flexibility index (Phi) is 4.14. The molecule has 0 bridgehead atoms. The molecular formula is C22H23NO4. The normalized spacial score (nSPS) is 26.0. The summed E-state index contributed by atoms with van der Waals surface area (Å²) in [5, 5.41) is 9.68. The molecule has 140 valence electrons. The molecule has 27 heavy (non-hydrogen) atoms. The van der Waals surface area contributed by atoms with Crippen molar-refractivity contribution in [1.29, 1.82) is 0 Å². The van der Waals surface area contributed by atoms with E-state index in [9.17, 15) is 9.90 Å². The van der Waals surface area contributed by atoms with Crippen molar-refractivity contribution < 1.29 is 19.4 Å². The average molecular weight is 365 g/mol. The number of carbonyl (C=O) groups is 1. The predicted octanol–water partition coefficient (Wildman–Crippen LogP) is 3.16.